The smallest absolute Gasteiger partial charge is 0.299 e. The highest BCUT2D eigenvalue weighted by molar-refractivity contribution is 9.08. The van der Waals surface area contributed by atoms with Crippen molar-refractivity contribution in [3.05, 3.63) is 34.1 Å². The Balaban J connectivity index is 2.38. The molecule has 0 atom stereocenters. The molecule has 0 spiro atoms. The molecule has 0 bridgehead atoms. The van der Waals surface area contributed by atoms with Crippen molar-refractivity contribution < 1.29 is 4.74 Å². The minimum absolute atomic E-state index is 0.0136. The summed E-state index contributed by atoms with van der Waals surface area (Å²) in [5.41, 5.74) is 1.76. The summed E-state index contributed by atoms with van der Waals surface area (Å²) < 4.78 is 6.87. The van der Waals surface area contributed by atoms with E-state index in [1.807, 2.05) is 18.2 Å². The van der Waals surface area contributed by atoms with Crippen LogP contribution in [0.1, 0.15) is 5.56 Å². The maximum Gasteiger partial charge on any atom is 0.299 e. The SMILES string of the molecule is O=c1c2cc(CBr)ccc2nc2n1CCO2. The highest BCUT2D eigenvalue weighted by atomic mass is 79.9. The average Bonchev–Trinajstić information content (AvgIpc) is 2.77. The summed E-state index contributed by atoms with van der Waals surface area (Å²) in [6, 6.07) is 6.13. The van der Waals surface area contributed by atoms with E-state index < -0.39 is 0 Å². The van der Waals surface area contributed by atoms with Gasteiger partial charge in [-0.1, -0.05) is 22.0 Å². The lowest BCUT2D eigenvalue weighted by atomic mass is 10.2. The Morgan fingerprint density at radius 2 is 2.38 bits per heavy atom. The predicted octanol–water partition coefficient (Wildman–Crippen LogP) is 1.68. The zero-order valence-corrected chi connectivity index (χ0v) is 10.0. The first kappa shape index (κ1) is 9.84. The maximum atomic E-state index is 12.1. The van der Waals surface area contributed by atoms with Crippen LogP contribution in [-0.4, -0.2) is 16.2 Å². The summed E-state index contributed by atoms with van der Waals surface area (Å²) >= 11 is 3.38. The molecular weight excluding hydrogens is 272 g/mol. The van der Waals surface area contributed by atoms with Gasteiger partial charge in [-0.3, -0.25) is 9.36 Å². The van der Waals surface area contributed by atoms with Crippen LogP contribution in [0.5, 0.6) is 6.01 Å². The van der Waals surface area contributed by atoms with E-state index in [1.54, 1.807) is 4.57 Å². The fourth-order valence-electron chi connectivity index (χ4n) is 1.87. The van der Waals surface area contributed by atoms with E-state index in [1.165, 1.54) is 0 Å². The zero-order chi connectivity index (χ0) is 11.1. The molecule has 0 unspecified atom stereocenters. The Bertz CT molecular complexity index is 621. The second-order valence-electron chi connectivity index (χ2n) is 3.68. The number of nitrogens with zero attached hydrogens (tertiary/aromatic N) is 2. The van der Waals surface area contributed by atoms with Crippen LogP contribution in [0.3, 0.4) is 0 Å². The second-order valence-corrected chi connectivity index (χ2v) is 4.25. The van der Waals surface area contributed by atoms with Crippen molar-refractivity contribution in [1.82, 2.24) is 9.55 Å². The Hall–Kier alpha value is -1.36. The third-order valence-electron chi connectivity index (χ3n) is 2.68. The van der Waals surface area contributed by atoms with Gasteiger partial charge in [-0.25, -0.2) is 0 Å². The average molecular weight is 281 g/mol. The predicted molar refractivity (Wildman–Crippen MR) is 64.1 cm³/mol. The molecule has 16 heavy (non-hydrogen) atoms. The first-order chi connectivity index (χ1) is 7.79. The van der Waals surface area contributed by atoms with Crippen LogP contribution in [-0.2, 0) is 11.9 Å². The largest absolute Gasteiger partial charge is 0.463 e. The Morgan fingerprint density at radius 3 is 3.19 bits per heavy atom. The van der Waals surface area contributed by atoms with E-state index in [0.29, 0.717) is 30.1 Å². The molecule has 4 nitrogen and oxygen atoms in total. The van der Waals surface area contributed by atoms with E-state index in [4.69, 9.17) is 4.74 Å². The fourth-order valence-corrected chi connectivity index (χ4v) is 2.22. The summed E-state index contributed by atoms with van der Waals surface area (Å²) in [6.07, 6.45) is 0. The van der Waals surface area contributed by atoms with Gasteiger partial charge in [0, 0.05) is 5.33 Å². The van der Waals surface area contributed by atoms with Crippen LogP contribution in [0.15, 0.2) is 23.0 Å². The first-order valence-corrected chi connectivity index (χ1v) is 6.14. The third-order valence-corrected chi connectivity index (χ3v) is 3.33. The van der Waals surface area contributed by atoms with Gasteiger partial charge in [0.05, 0.1) is 17.4 Å². The lowest BCUT2D eigenvalue weighted by molar-refractivity contribution is 0.345. The standard InChI is InChI=1S/C11H9BrN2O2/c12-6-7-1-2-9-8(5-7)10(15)14-3-4-16-11(14)13-9/h1-2,5H,3-4,6H2. The van der Waals surface area contributed by atoms with E-state index in [9.17, 15) is 4.79 Å². The Morgan fingerprint density at radius 1 is 1.50 bits per heavy atom. The molecule has 1 aliphatic heterocycles. The number of rotatable bonds is 1. The molecule has 0 saturated carbocycles. The van der Waals surface area contributed by atoms with Gasteiger partial charge < -0.3 is 4.74 Å². The van der Waals surface area contributed by atoms with Crippen LogP contribution < -0.4 is 10.3 Å². The van der Waals surface area contributed by atoms with Crippen LogP contribution in [0.2, 0.25) is 0 Å². The fraction of sp³-hybridized carbons (Fsp3) is 0.273. The van der Waals surface area contributed by atoms with Gasteiger partial charge in [-0.2, -0.15) is 4.98 Å². The van der Waals surface area contributed by atoms with Crippen molar-refractivity contribution in [2.75, 3.05) is 6.61 Å². The van der Waals surface area contributed by atoms with Gasteiger partial charge >= 0.3 is 0 Å². The van der Waals surface area contributed by atoms with Gasteiger partial charge in [-0.15, -0.1) is 0 Å². The number of halogens is 1. The van der Waals surface area contributed by atoms with Gasteiger partial charge in [-0.05, 0) is 17.7 Å². The molecule has 1 aliphatic rings. The van der Waals surface area contributed by atoms with E-state index in [2.05, 4.69) is 20.9 Å². The van der Waals surface area contributed by atoms with Crippen LogP contribution in [0, 0.1) is 0 Å². The molecule has 1 aromatic carbocycles. The van der Waals surface area contributed by atoms with Gasteiger partial charge in [0.15, 0.2) is 0 Å². The number of aromatic nitrogens is 2. The molecule has 0 radical (unpaired) electrons. The highest BCUT2D eigenvalue weighted by Gasteiger charge is 2.17. The van der Waals surface area contributed by atoms with Crippen LogP contribution in [0.25, 0.3) is 10.9 Å². The van der Waals surface area contributed by atoms with Crippen molar-refractivity contribution in [3.63, 3.8) is 0 Å². The second kappa shape index (κ2) is 3.59. The monoisotopic (exact) mass is 280 g/mol. The molecule has 2 heterocycles. The number of alkyl halides is 1. The number of fused-ring (bicyclic) bond motifs is 2. The summed E-state index contributed by atoms with van der Waals surface area (Å²) in [6.45, 7) is 1.12. The summed E-state index contributed by atoms with van der Waals surface area (Å²) in [4.78, 5) is 16.4. The quantitative estimate of drug-likeness (QED) is 0.747. The number of benzene rings is 1. The Labute approximate surface area is 100.0 Å². The lowest BCUT2D eigenvalue weighted by Gasteiger charge is -2.03. The van der Waals surface area contributed by atoms with E-state index in [-0.39, 0.29) is 5.56 Å². The van der Waals surface area contributed by atoms with Crippen LogP contribution in [0.4, 0.5) is 0 Å². The van der Waals surface area contributed by atoms with Gasteiger partial charge in [0.25, 0.3) is 11.6 Å². The van der Waals surface area contributed by atoms with Gasteiger partial charge in [0.2, 0.25) is 0 Å². The minimum atomic E-state index is -0.0136. The maximum absolute atomic E-state index is 12.1. The molecule has 0 amide bonds. The molecule has 2 aromatic rings. The summed E-state index contributed by atoms with van der Waals surface area (Å²) in [7, 11) is 0. The number of hydrogen-bond acceptors (Lipinski definition) is 3. The summed E-state index contributed by atoms with van der Waals surface area (Å²) in [5.74, 6) is 0. The zero-order valence-electron chi connectivity index (χ0n) is 8.44. The lowest BCUT2D eigenvalue weighted by Crippen LogP contribution is -2.18. The molecular formula is C11H9BrN2O2. The molecule has 0 N–H and O–H groups in total. The van der Waals surface area contributed by atoms with Crippen molar-refractivity contribution in [1.29, 1.82) is 0 Å². The topological polar surface area (TPSA) is 44.1 Å². The number of hydrogen-bond donors (Lipinski definition) is 0. The molecule has 0 saturated heterocycles. The van der Waals surface area contributed by atoms with Crippen LogP contribution >= 0.6 is 15.9 Å². The molecule has 0 fully saturated rings. The van der Waals surface area contributed by atoms with Crippen molar-refractivity contribution in [2.45, 2.75) is 11.9 Å². The minimum Gasteiger partial charge on any atom is -0.463 e. The van der Waals surface area contributed by atoms with Gasteiger partial charge in [0.1, 0.15) is 6.61 Å². The van der Waals surface area contributed by atoms with Crippen molar-refractivity contribution in [3.8, 4) is 6.01 Å². The van der Waals surface area contributed by atoms with Crippen molar-refractivity contribution >= 4 is 26.8 Å². The number of ether oxygens (including phenoxy) is 1. The molecule has 1 aromatic heterocycles. The third kappa shape index (κ3) is 1.35. The highest BCUT2D eigenvalue weighted by Crippen LogP contribution is 2.18. The summed E-state index contributed by atoms with van der Waals surface area (Å²) in [5, 5.41) is 1.40. The Kier molecular flexibility index (Phi) is 2.21. The normalized spacial score (nSPS) is 13.8. The molecule has 3 rings (SSSR count). The molecule has 5 heteroatoms. The van der Waals surface area contributed by atoms with E-state index in [0.717, 1.165) is 10.9 Å². The molecule has 0 aliphatic carbocycles. The molecule has 82 valence electrons. The van der Waals surface area contributed by atoms with E-state index >= 15 is 0 Å². The first-order valence-electron chi connectivity index (χ1n) is 5.02. The van der Waals surface area contributed by atoms with Crippen molar-refractivity contribution in [2.24, 2.45) is 0 Å².